The number of carboxylic acid groups (broad SMARTS) is 1. The van der Waals surface area contributed by atoms with Crippen molar-refractivity contribution in [3.05, 3.63) is 34.9 Å². The zero-order valence-corrected chi connectivity index (χ0v) is 15.9. The van der Waals surface area contributed by atoms with Crippen LogP contribution >= 0.6 is 0 Å². The molecule has 2 N–H and O–H groups in total. The summed E-state index contributed by atoms with van der Waals surface area (Å²) in [5.74, 6) is -0.369. The van der Waals surface area contributed by atoms with Crippen molar-refractivity contribution in [2.75, 3.05) is 0 Å². The summed E-state index contributed by atoms with van der Waals surface area (Å²) in [6.07, 6.45) is 1.99. The molecule has 0 radical (unpaired) electrons. The summed E-state index contributed by atoms with van der Waals surface area (Å²) in [7, 11) is 0. The first-order valence-electron chi connectivity index (χ1n) is 9.23. The Morgan fingerprint density at radius 2 is 2.00 bits per heavy atom. The van der Waals surface area contributed by atoms with Crippen LogP contribution in [0.15, 0.2) is 21.1 Å². The van der Waals surface area contributed by atoms with Crippen LogP contribution in [-0.2, 0) is 4.79 Å². The molecule has 28 heavy (non-hydrogen) atoms. The van der Waals surface area contributed by atoms with Crippen molar-refractivity contribution >= 4 is 23.0 Å². The molecular weight excluding hydrogens is 362 g/mol. The van der Waals surface area contributed by atoms with Crippen LogP contribution < -0.4 is 5.32 Å². The molecule has 1 saturated carbocycles. The molecule has 8 heteroatoms. The fourth-order valence-electron chi connectivity index (χ4n) is 3.97. The Morgan fingerprint density at radius 1 is 1.21 bits per heavy atom. The smallest absolute Gasteiger partial charge is 0.308 e. The lowest BCUT2D eigenvalue weighted by Gasteiger charge is -2.18. The number of hydrogen-bond acceptors (Lipinski definition) is 6. The Morgan fingerprint density at radius 3 is 2.68 bits per heavy atom. The van der Waals surface area contributed by atoms with E-state index in [4.69, 9.17) is 8.94 Å². The number of carboxylic acids is 1. The average Bonchev–Trinajstić information content (AvgIpc) is 3.33. The first-order chi connectivity index (χ1) is 13.3. The van der Waals surface area contributed by atoms with E-state index >= 15 is 0 Å². The monoisotopic (exact) mass is 383 g/mol. The Balaban J connectivity index is 1.77. The number of rotatable bonds is 4. The number of hydrogen-bond donors (Lipinski definition) is 2. The molecule has 4 rings (SSSR count). The zero-order chi connectivity index (χ0) is 20.0. The maximum absolute atomic E-state index is 13.1. The highest BCUT2D eigenvalue weighted by Gasteiger charge is 2.34. The number of carbonyl (C=O) groups is 2. The van der Waals surface area contributed by atoms with Gasteiger partial charge in [0, 0.05) is 11.6 Å². The number of aryl methyl sites for hydroxylation is 3. The van der Waals surface area contributed by atoms with E-state index in [0.717, 1.165) is 17.7 Å². The molecule has 0 bridgehead atoms. The van der Waals surface area contributed by atoms with Gasteiger partial charge < -0.3 is 19.4 Å². The third-order valence-electron chi connectivity index (χ3n) is 5.33. The summed E-state index contributed by atoms with van der Waals surface area (Å²) in [6.45, 7) is 5.41. The molecule has 8 nitrogen and oxygen atoms in total. The van der Waals surface area contributed by atoms with Crippen LogP contribution in [-0.4, -0.2) is 33.2 Å². The van der Waals surface area contributed by atoms with E-state index in [0.29, 0.717) is 40.9 Å². The molecule has 0 aliphatic heterocycles. The van der Waals surface area contributed by atoms with Gasteiger partial charge in [0.2, 0.25) is 0 Å². The fraction of sp³-hybridized carbons (Fsp3) is 0.400. The van der Waals surface area contributed by atoms with E-state index in [2.05, 4.69) is 15.5 Å². The standard InChI is InChI=1S/C20H21N3O5/c1-9-7-13(11(3)27-9)16-8-14(17-10(2)23-28-19(17)22-16)18(24)21-15-6-4-5-12(15)20(25)26/h7-8,12,15H,4-6H2,1-3H3,(H,21,24)(H,25,26)/t12-,15+/m0/s1. The third kappa shape index (κ3) is 3.04. The molecule has 1 fully saturated rings. The van der Waals surface area contributed by atoms with Gasteiger partial charge in [0.1, 0.15) is 11.5 Å². The second-order valence-corrected chi connectivity index (χ2v) is 7.29. The van der Waals surface area contributed by atoms with Gasteiger partial charge in [0.25, 0.3) is 11.6 Å². The minimum atomic E-state index is -0.881. The minimum absolute atomic E-state index is 0.264. The van der Waals surface area contributed by atoms with Gasteiger partial charge in [-0.3, -0.25) is 9.59 Å². The van der Waals surface area contributed by atoms with Crippen molar-refractivity contribution in [2.45, 2.75) is 46.1 Å². The number of nitrogens with one attached hydrogen (secondary N) is 1. The maximum atomic E-state index is 13.1. The van der Waals surface area contributed by atoms with Crippen LogP contribution in [0.25, 0.3) is 22.4 Å². The number of pyridine rings is 1. The van der Waals surface area contributed by atoms with Crippen LogP contribution in [0.2, 0.25) is 0 Å². The van der Waals surface area contributed by atoms with Crippen LogP contribution in [0, 0.1) is 26.7 Å². The Hall–Kier alpha value is -3.16. The predicted octanol–water partition coefficient (Wildman–Crippen LogP) is 3.39. The van der Waals surface area contributed by atoms with Gasteiger partial charge in [0.15, 0.2) is 0 Å². The average molecular weight is 383 g/mol. The molecule has 0 spiro atoms. The molecule has 146 valence electrons. The summed E-state index contributed by atoms with van der Waals surface area (Å²) in [4.78, 5) is 29.0. The third-order valence-corrected chi connectivity index (χ3v) is 5.33. The van der Waals surface area contributed by atoms with Gasteiger partial charge in [-0.25, -0.2) is 4.98 Å². The summed E-state index contributed by atoms with van der Waals surface area (Å²) >= 11 is 0. The number of nitrogens with zero attached hydrogens (tertiary/aromatic N) is 2. The van der Waals surface area contributed by atoms with E-state index in [9.17, 15) is 14.7 Å². The molecule has 1 amide bonds. The number of aliphatic carboxylic acids is 1. The Bertz CT molecular complexity index is 1080. The number of amides is 1. The van der Waals surface area contributed by atoms with Crippen LogP contribution in [0.3, 0.4) is 0 Å². The van der Waals surface area contributed by atoms with Crippen molar-refractivity contribution in [2.24, 2.45) is 5.92 Å². The molecule has 0 unspecified atom stereocenters. The van der Waals surface area contributed by atoms with E-state index in [-0.39, 0.29) is 11.6 Å². The number of fused-ring (bicyclic) bond motifs is 1. The zero-order valence-electron chi connectivity index (χ0n) is 15.9. The summed E-state index contributed by atoms with van der Waals surface area (Å²) in [5.41, 5.74) is 2.50. The molecule has 2 atom stereocenters. The number of furan rings is 1. The topological polar surface area (TPSA) is 118 Å². The second kappa shape index (κ2) is 6.78. The normalized spacial score (nSPS) is 19.2. The van der Waals surface area contributed by atoms with Crippen molar-refractivity contribution in [1.29, 1.82) is 0 Å². The van der Waals surface area contributed by atoms with Crippen LogP contribution in [0.1, 0.15) is 46.8 Å². The number of carbonyl (C=O) groups excluding carboxylic acids is 1. The van der Waals surface area contributed by atoms with Gasteiger partial charge in [0.05, 0.1) is 28.3 Å². The lowest BCUT2D eigenvalue weighted by Crippen LogP contribution is -2.40. The van der Waals surface area contributed by atoms with E-state index in [1.165, 1.54) is 0 Å². The lowest BCUT2D eigenvalue weighted by atomic mass is 10.0. The van der Waals surface area contributed by atoms with Gasteiger partial charge >= 0.3 is 5.97 Å². The summed E-state index contributed by atoms with van der Waals surface area (Å²) in [5, 5.41) is 16.7. The molecule has 0 aromatic carbocycles. The highest BCUT2D eigenvalue weighted by Crippen LogP contribution is 2.31. The Labute approximate surface area is 160 Å². The quantitative estimate of drug-likeness (QED) is 0.709. The molecule has 0 saturated heterocycles. The molecule has 1 aliphatic carbocycles. The fourth-order valence-corrected chi connectivity index (χ4v) is 3.97. The predicted molar refractivity (Wildman–Crippen MR) is 99.9 cm³/mol. The first kappa shape index (κ1) is 18.2. The maximum Gasteiger partial charge on any atom is 0.308 e. The highest BCUT2D eigenvalue weighted by atomic mass is 16.5. The Kier molecular flexibility index (Phi) is 4.41. The molecule has 3 heterocycles. The van der Waals surface area contributed by atoms with Crippen molar-refractivity contribution in [1.82, 2.24) is 15.5 Å². The molecule has 3 aromatic heterocycles. The summed E-state index contributed by atoms with van der Waals surface area (Å²) in [6, 6.07) is 3.14. The molecule has 1 aliphatic rings. The SMILES string of the molecule is Cc1cc(-c2cc(C(=O)N[C@@H]3CCC[C@@H]3C(=O)O)c3c(C)noc3n2)c(C)o1. The van der Waals surface area contributed by atoms with E-state index < -0.39 is 17.9 Å². The van der Waals surface area contributed by atoms with Crippen molar-refractivity contribution < 1.29 is 23.6 Å². The molecule has 3 aromatic rings. The second-order valence-electron chi connectivity index (χ2n) is 7.29. The van der Waals surface area contributed by atoms with Gasteiger partial charge in [-0.1, -0.05) is 11.6 Å². The van der Waals surface area contributed by atoms with E-state index in [1.807, 2.05) is 19.9 Å². The van der Waals surface area contributed by atoms with Crippen molar-refractivity contribution in [3.8, 4) is 11.3 Å². The van der Waals surface area contributed by atoms with Gasteiger partial charge in [-0.2, -0.15) is 0 Å². The van der Waals surface area contributed by atoms with Crippen LogP contribution in [0.4, 0.5) is 0 Å². The van der Waals surface area contributed by atoms with Gasteiger partial charge in [-0.15, -0.1) is 0 Å². The lowest BCUT2D eigenvalue weighted by molar-refractivity contribution is -0.142. The minimum Gasteiger partial charge on any atom is -0.481 e. The van der Waals surface area contributed by atoms with Crippen LogP contribution in [0.5, 0.6) is 0 Å². The van der Waals surface area contributed by atoms with E-state index in [1.54, 1.807) is 13.0 Å². The van der Waals surface area contributed by atoms with Gasteiger partial charge in [-0.05, 0) is 45.7 Å². The first-order valence-corrected chi connectivity index (χ1v) is 9.23. The highest BCUT2D eigenvalue weighted by molar-refractivity contribution is 6.07. The molecular formula is C20H21N3O5. The summed E-state index contributed by atoms with van der Waals surface area (Å²) < 4.78 is 10.9. The largest absolute Gasteiger partial charge is 0.481 e. The number of aromatic nitrogens is 2. The van der Waals surface area contributed by atoms with Crippen molar-refractivity contribution in [3.63, 3.8) is 0 Å².